The fourth-order valence-electron chi connectivity index (χ4n) is 4.29. The predicted octanol–water partition coefficient (Wildman–Crippen LogP) is 9.48. The van der Waals surface area contributed by atoms with Gasteiger partial charge >= 0.3 is 0 Å². The van der Waals surface area contributed by atoms with E-state index in [1.54, 1.807) is 49.3 Å². The normalized spacial score (nSPS) is 25.4. The highest BCUT2D eigenvalue weighted by Crippen LogP contribution is 2.41. The summed E-state index contributed by atoms with van der Waals surface area (Å²) in [6.45, 7) is 14.0. The van der Waals surface area contributed by atoms with Crippen LogP contribution in [0, 0.1) is 0 Å². The van der Waals surface area contributed by atoms with E-state index in [9.17, 15) is 0 Å². The lowest BCUT2D eigenvalue weighted by Gasteiger charge is -2.19. The van der Waals surface area contributed by atoms with Crippen LogP contribution in [0.4, 0.5) is 0 Å². The highest BCUT2D eigenvalue weighted by atomic mass is 31.1. The molecule has 0 aliphatic carbocycles. The Balaban J connectivity index is 0.000000208. The van der Waals surface area contributed by atoms with Gasteiger partial charge in [-0.05, 0) is 140 Å². The minimum absolute atomic E-state index is 0.383. The van der Waals surface area contributed by atoms with Crippen molar-refractivity contribution in [1.82, 2.24) is 0 Å². The molecule has 5 aliphatic heterocycles. The van der Waals surface area contributed by atoms with Gasteiger partial charge in [0.25, 0.3) is 0 Å². The average Bonchev–Trinajstić information content (AvgIpc) is 3.16. The molecule has 0 saturated carbocycles. The van der Waals surface area contributed by atoms with Gasteiger partial charge in [0.05, 0.1) is 13.2 Å². The van der Waals surface area contributed by atoms with Crippen LogP contribution in [-0.2, 0) is 4.74 Å². The highest BCUT2D eigenvalue weighted by molar-refractivity contribution is 7.58. The van der Waals surface area contributed by atoms with Gasteiger partial charge in [-0.2, -0.15) is 0 Å². The minimum Gasteiger partial charge on any atom is -0.381 e. The maximum absolute atomic E-state index is 5.16. The topological polar surface area (TPSA) is 9.23 Å². The van der Waals surface area contributed by atoms with E-state index < -0.39 is 0 Å². The molecule has 5 aliphatic rings. The molecule has 0 radical (unpaired) electrons. The van der Waals surface area contributed by atoms with Crippen molar-refractivity contribution < 1.29 is 4.74 Å². The first-order chi connectivity index (χ1) is 16.0. The third kappa shape index (κ3) is 21.9. The van der Waals surface area contributed by atoms with Crippen LogP contribution in [0.5, 0.6) is 0 Å². The Morgan fingerprint density at radius 3 is 0.788 bits per heavy atom. The van der Waals surface area contributed by atoms with Crippen LogP contribution in [0.2, 0.25) is 0 Å². The molecule has 0 aromatic heterocycles. The largest absolute Gasteiger partial charge is 0.381 e. The number of ether oxygens (including phenoxy) is 1. The van der Waals surface area contributed by atoms with E-state index in [4.69, 9.17) is 4.74 Å². The second kappa shape index (κ2) is 23.2. The predicted molar refractivity (Wildman–Crippen MR) is 170 cm³/mol. The molecule has 5 heterocycles. The van der Waals surface area contributed by atoms with Gasteiger partial charge in [-0.3, -0.25) is 0 Å². The molecule has 198 valence electrons. The lowest BCUT2D eigenvalue weighted by molar-refractivity contribution is 0.158. The molecule has 6 heteroatoms. The monoisotopic (exact) mass is 554 g/mol. The van der Waals surface area contributed by atoms with Gasteiger partial charge < -0.3 is 4.74 Å². The maximum Gasteiger partial charge on any atom is 0.0505 e. The van der Waals surface area contributed by atoms with Crippen molar-refractivity contribution >= 4 is 39.6 Å². The van der Waals surface area contributed by atoms with Gasteiger partial charge in [-0.1, -0.05) is 19.3 Å². The summed E-state index contributed by atoms with van der Waals surface area (Å²) in [7, 11) is 2.49. The van der Waals surface area contributed by atoms with Crippen LogP contribution in [0.15, 0.2) is 0 Å². The first-order valence-corrected chi connectivity index (χ1v) is 24.8. The van der Waals surface area contributed by atoms with Crippen molar-refractivity contribution in [2.75, 3.05) is 108 Å². The number of rotatable bonds is 0. The third-order valence-corrected chi connectivity index (χ3v) is 17.6. The molecule has 0 atom stereocenters. The molecule has 0 N–H and O–H groups in total. The first kappa shape index (κ1) is 33.1. The van der Waals surface area contributed by atoms with E-state index >= 15 is 0 Å². The van der Waals surface area contributed by atoms with Crippen LogP contribution < -0.4 is 0 Å². The minimum atomic E-state index is 0.383. The summed E-state index contributed by atoms with van der Waals surface area (Å²) in [5.74, 6) is 0. The second-order valence-electron chi connectivity index (χ2n) is 10.7. The van der Waals surface area contributed by atoms with Gasteiger partial charge in [0.2, 0.25) is 0 Å². The van der Waals surface area contributed by atoms with Gasteiger partial charge in [0.15, 0.2) is 0 Å². The van der Waals surface area contributed by atoms with E-state index in [0.29, 0.717) is 39.6 Å². The quantitative estimate of drug-likeness (QED) is 0.271. The maximum atomic E-state index is 5.16. The van der Waals surface area contributed by atoms with Crippen molar-refractivity contribution in [3.63, 3.8) is 0 Å². The van der Waals surface area contributed by atoms with Crippen molar-refractivity contribution in [3.05, 3.63) is 0 Å². The van der Waals surface area contributed by atoms with Gasteiger partial charge in [-0.15, -0.1) is 39.6 Å². The lowest BCUT2D eigenvalue weighted by atomic mass is 10.2. The van der Waals surface area contributed by atoms with E-state index in [0.717, 1.165) is 13.2 Å². The molecule has 0 unspecified atom stereocenters. The SMILES string of the molecule is CP1CCC1.CP1CCCC1.CP1CCCCC1.CP1CCCCCC1.CP1CCOCC1. The summed E-state index contributed by atoms with van der Waals surface area (Å²) < 4.78 is 5.16. The van der Waals surface area contributed by atoms with Gasteiger partial charge in [0, 0.05) is 0 Å². The molecule has 0 spiro atoms. The van der Waals surface area contributed by atoms with Crippen LogP contribution in [0.25, 0.3) is 0 Å². The van der Waals surface area contributed by atoms with Crippen molar-refractivity contribution in [2.45, 2.75) is 64.2 Å². The Bertz CT molecular complexity index is 379. The first-order valence-electron chi connectivity index (χ1n) is 14.0. The molecular formula is C27H59OP5. The summed E-state index contributed by atoms with van der Waals surface area (Å²) in [5.41, 5.74) is 0. The van der Waals surface area contributed by atoms with E-state index in [-0.39, 0.29) is 0 Å². The third-order valence-electron chi connectivity index (χ3n) is 7.05. The Morgan fingerprint density at radius 1 is 0.303 bits per heavy atom. The lowest BCUT2D eigenvalue weighted by Crippen LogP contribution is -2.11. The molecule has 1 nitrogen and oxygen atoms in total. The standard InChI is InChI=1S/C7H15P.C6H13P.C5H11OP.C5H11P.C4H9P/c1-8-6-4-2-3-5-7-8;1-7-5-3-2-4-6-7;1-7-4-2-6-3-5-7;1-6-4-2-3-5-6;1-5-3-2-4-5/h2-7H2,1H3;2-6H2,1H3;2-5H2,1H3;2-5H2,1H3;2-4H2,1H3. The highest BCUT2D eigenvalue weighted by Gasteiger charge is 2.09. The van der Waals surface area contributed by atoms with Crippen LogP contribution in [0.3, 0.4) is 0 Å². The zero-order chi connectivity index (χ0) is 24.2. The molecule has 0 amide bonds. The zero-order valence-electron chi connectivity index (χ0n) is 23.2. The molecule has 33 heavy (non-hydrogen) atoms. The van der Waals surface area contributed by atoms with Crippen LogP contribution in [0.1, 0.15) is 64.2 Å². The fraction of sp³-hybridized carbons (Fsp3) is 1.00. The van der Waals surface area contributed by atoms with E-state index in [2.05, 4.69) is 33.3 Å². The Hall–Kier alpha value is 2.11. The summed E-state index contributed by atoms with van der Waals surface area (Å²) in [6.07, 6.45) is 30.2. The second-order valence-corrected chi connectivity index (χ2v) is 23.7. The zero-order valence-corrected chi connectivity index (χ0v) is 27.7. The molecule has 5 saturated heterocycles. The molecular weight excluding hydrogens is 495 g/mol. The Kier molecular flexibility index (Phi) is 23.3. The molecule has 5 rings (SSSR count). The Labute approximate surface area is 216 Å². The summed E-state index contributed by atoms with van der Waals surface area (Å²) in [4.78, 5) is 0. The average molecular weight is 555 g/mol. The van der Waals surface area contributed by atoms with Gasteiger partial charge in [0.1, 0.15) is 0 Å². The van der Waals surface area contributed by atoms with Crippen molar-refractivity contribution in [2.24, 2.45) is 0 Å². The molecule has 0 aromatic carbocycles. The molecule has 0 bridgehead atoms. The summed E-state index contributed by atoms with van der Waals surface area (Å²) in [5, 5.41) is 0. The summed E-state index contributed by atoms with van der Waals surface area (Å²) in [6, 6.07) is 0. The van der Waals surface area contributed by atoms with Gasteiger partial charge in [-0.25, -0.2) is 0 Å². The summed E-state index contributed by atoms with van der Waals surface area (Å²) >= 11 is 0. The smallest absolute Gasteiger partial charge is 0.0505 e. The van der Waals surface area contributed by atoms with Crippen LogP contribution in [-0.4, -0.2) is 108 Å². The molecule has 5 fully saturated rings. The Morgan fingerprint density at radius 2 is 0.545 bits per heavy atom. The van der Waals surface area contributed by atoms with E-state index in [1.165, 1.54) is 76.5 Å². The molecule has 0 aromatic rings. The number of hydrogen-bond acceptors (Lipinski definition) is 1. The van der Waals surface area contributed by atoms with Crippen molar-refractivity contribution in [3.8, 4) is 0 Å². The fourth-order valence-corrected chi connectivity index (χ4v) is 11.6. The van der Waals surface area contributed by atoms with Crippen molar-refractivity contribution in [1.29, 1.82) is 0 Å². The van der Waals surface area contributed by atoms with Crippen LogP contribution >= 0.6 is 39.6 Å². The number of hydrogen-bond donors (Lipinski definition) is 0. The van der Waals surface area contributed by atoms with E-state index in [1.807, 2.05) is 0 Å².